The van der Waals surface area contributed by atoms with Crippen LogP contribution in [-0.2, 0) is 0 Å². The molecule has 0 aliphatic heterocycles. The van der Waals surface area contributed by atoms with Crippen LogP contribution in [0, 0.1) is 20.8 Å². The molecule has 4 heteroatoms. The van der Waals surface area contributed by atoms with Crippen LogP contribution in [0.3, 0.4) is 0 Å². The Kier molecular flexibility index (Phi) is 4.12. The third kappa shape index (κ3) is 3.18. The molecule has 0 saturated carbocycles. The number of nitrogens with one attached hydrogen (secondary N) is 1. The molecular formula is C16H23N3O. The highest BCUT2D eigenvalue weighted by Gasteiger charge is 2.14. The molecule has 1 atom stereocenters. The normalized spacial score (nSPS) is 12.8. The van der Waals surface area contributed by atoms with E-state index in [0.29, 0.717) is 11.9 Å². The van der Waals surface area contributed by atoms with E-state index >= 15 is 0 Å². The average molecular weight is 273 g/mol. The lowest BCUT2D eigenvalue weighted by atomic mass is 10.1. The van der Waals surface area contributed by atoms with Crippen LogP contribution in [0.5, 0.6) is 0 Å². The second kappa shape index (κ2) is 5.65. The quantitative estimate of drug-likeness (QED) is 0.902. The maximum atomic E-state index is 5.58. The highest BCUT2D eigenvalue weighted by molar-refractivity contribution is 5.35. The van der Waals surface area contributed by atoms with Crippen LogP contribution in [0.15, 0.2) is 16.5 Å². The monoisotopic (exact) mass is 273 g/mol. The van der Waals surface area contributed by atoms with Gasteiger partial charge >= 0.3 is 0 Å². The molecule has 0 aromatic carbocycles. The van der Waals surface area contributed by atoms with Crippen molar-refractivity contribution in [2.75, 3.05) is 5.32 Å². The lowest BCUT2D eigenvalue weighted by molar-refractivity contribution is 0.499. The van der Waals surface area contributed by atoms with Gasteiger partial charge in [-0.05, 0) is 45.7 Å². The first-order valence-electron chi connectivity index (χ1n) is 7.06. The van der Waals surface area contributed by atoms with Crippen molar-refractivity contribution in [3.63, 3.8) is 0 Å². The molecule has 0 bridgehead atoms. The van der Waals surface area contributed by atoms with E-state index in [2.05, 4.69) is 42.1 Å². The van der Waals surface area contributed by atoms with E-state index in [1.807, 2.05) is 26.8 Å². The average Bonchev–Trinajstić information content (AvgIpc) is 2.67. The molecule has 1 N–H and O–H groups in total. The molecule has 0 radical (unpaired) electrons. The van der Waals surface area contributed by atoms with Gasteiger partial charge in [0.05, 0.1) is 6.04 Å². The Balaban J connectivity index is 2.23. The largest absolute Gasteiger partial charge is 0.466 e. The first-order chi connectivity index (χ1) is 9.36. The number of hydrogen-bond acceptors (Lipinski definition) is 4. The van der Waals surface area contributed by atoms with Gasteiger partial charge in [0, 0.05) is 17.0 Å². The van der Waals surface area contributed by atoms with Gasteiger partial charge < -0.3 is 9.73 Å². The van der Waals surface area contributed by atoms with Gasteiger partial charge in [-0.3, -0.25) is 0 Å². The lowest BCUT2D eigenvalue weighted by Gasteiger charge is -2.15. The van der Waals surface area contributed by atoms with E-state index in [-0.39, 0.29) is 6.04 Å². The maximum Gasteiger partial charge on any atom is 0.223 e. The maximum absolute atomic E-state index is 5.58. The number of nitrogens with zero attached hydrogens (tertiary/aromatic N) is 2. The summed E-state index contributed by atoms with van der Waals surface area (Å²) in [7, 11) is 0. The number of hydrogen-bond donors (Lipinski definition) is 1. The highest BCUT2D eigenvalue weighted by Crippen LogP contribution is 2.24. The van der Waals surface area contributed by atoms with Gasteiger partial charge in [-0.1, -0.05) is 13.8 Å². The Morgan fingerprint density at radius 1 is 1.05 bits per heavy atom. The molecule has 0 spiro atoms. The number of aryl methyl sites for hydroxylation is 3. The van der Waals surface area contributed by atoms with Crippen molar-refractivity contribution in [2.45, 2.75) is 53.5 Å². The van der Waals surface area contributed by atoms with Gasteiger partial charge in [0.2, 0.25) is 5.95 Å². The summed E-state index contributed by atoms with van der Waals surface area (Å²) in [6.45, 7) is 12.3. The summed E-state index contributed by atoms with van der Waals surface area (Å²) >= 11 is 0. The molecule has 2 rings (SSSR count). The molecule has 0 fully saturated rings. The van der Waals surface area contributed by atoms with Gasteiger partial charge in [0.1, 0.15) is 11.5 Å². The van der Waals surface area contributed by atoms with E-state index in [1.165, 1.54) is 0 Å². The van der Waals surface area contributed by atoms with Gasteiger partial charge in [0.25, 0.3) is 0 Å². The Labute approximate surface area is 120 Å². The standard InChI is InChI=1S/C16H23N3O/c1-9(2)15-7-10(3)17-16(19-15)18-12(5)14-8-11(4)20-13(14)6/h7-9,12H,1-6H3,(H,17,18,19). The van der Waals surface area contributed by atoms with Gasteiger partial charge in [-0.25, -0.2) is 9.97 Å². The second-order valence-corrected chi connectivity index (χ2v) is 5.65. The predicted molar refractivity (Wildman–Crippen MR) is 81.1 cm³/mol. The van der Waals surface area contributed by atoms with Crippen LogP contribution in [0.2, 0.25) is 0 Å². The molecule has 0 aliphatic carbocycles. The van der Waals surface area contributed by atoms with Crippen LogP contribution < -0.4 is 5.32 Å². The number of rotatable bonds is 4. The Hall–Kier alpha value is -1.84. The molecule has 20 heavy (non-hydrogen) atoms. The molecular weight excluding hydrogens is 250 g/mol. The van der Waals surface area contributed by atoms with Crippen molar-refractivity contribution in [2.24, 2.45) is 0 Å². The SMILES string of the molecule is Cc1cc(C(C)C)nc(NC(C)c2cc(C)oc2C)n1. The summed E-state index contributed by atoms with van der Waals surface area (Å²) in [6.07, 6.45) is 0. The van der Waals surface area contributed by atoms with Crippen LogP contribution in [-0.4, -0.2) is 9.97 Å². The molecule has 0 aliphatic rings. The fourth-order valence-corrected chi connectivity index (χ4v) is 2.30. The summed E-state index contributed by atoms with van der Waals surface area (Å²) in [5, 5.41) is 3.37. The van der Waals surface area contributed by atoms with Crippen molar-refractivity contribution in [1.29, 1.82) is 0 Å². The fraction of sp³-hybridized carbons (Fsp3) is 0.500. The second-order valence-electron chi connectivity index (χ2n) is 5.65. The van der Waals surface area contributed by atoms with Crippen molar-refractivity contribution in [3.8, 4) is 0 Å². The molecule has 2 aromatic rings. The zero-order chi connectivity index (χ0) is 14.9. The molecule has 2 heterocycles. The van der Waals surface area contributed by atoms with Crippen LogP contribution in [0.1, 0.15) is 61.2 Å². The minimum absolute atomic E-state index is 0.120. The smallest absolute Gasteiger partial charge is 0.223 e. The summed E-state index contributed by atoms with van der Waals surface area (Å²) in [6, 6.07) is 4.22. The lowest BCUT2D eigenvalue weighted by Crippen LogP contribution is -2.11. The Bertz CT molecular complexity index is 602. The van der Waals surface area contributed by atoms with Crippen LogP contribution in [0.4, 0.5) is 5.95 Å². The van der Waals surface area contributed by atoms with Gasteiger partial charge in [0.15, 0.2) is 0 Å². The summed E-state index contributed by atoms with van der Waals surface area (Å²) in [4.78, 5) is 9.05. The first kappa shape index (κ1) is 14.6. The number of anilines is 1. The third-order valence-electron chi connectivity index (χ3n) is 3.36. The zero-order valence-electron chi connectivity index (χ0n) is 13.1. The topological polar surface area (TPSA) is 51.0 Å². The minimum atomic E-state index is 0.120. The zero-order valence-corrected chi connectivity index (χ0v) is 13.1. The van der Waals surface area contributed by atoms with Crippen molar-refractivity contribution >= 4 is 5.95 Å². The van der Waals surface area contributed by atoms with Crippen molar-refractivity contribution < 1.29 is 4.42 Å². The first-order valence-corrected chi connectivity index (χ1v) is 7.06. The summed E-state index contributed by atoms with van der Waals surface area (Å²) < 4.78 is 5.58. The molecule has 108 valence electrons. The molecule has 1 unspecified atom stereocenters. The van der Waals surface area contributed by atoms with Crippen LogP contribution >= 0.6 is 0 Å². The molecule has 0 saturated heterocycles. The van der Waals surface area contributed by atoms with E-state index < -0.39 is 0 Å². The van der Waals surface area contributed by atoms with E-state index in [4.69, 9.17) is 4.42 Å². The number of aromatic nitrogens is 2. The Morgan fingerprint density at radius 3 is 2.30 bits per heavy atom. The third-order valence-corrected chi connectivity index (χ3v) is 3.36. The summed E-state index contributed by atoms with van der Waals surface area (Å²) in [5.41, 5.74) is 3.20. The van der Waals surface area contributed by atoms with E-state index in [1.54, 1.807) is 0 Å². The highest BCUT2D eigenvalue weighted by atomic mass is 16.3. The van der Waals surface area contributed by atoms with Gasteiger partial charge in [-0.2, -0.15) is 0 Å². The van der Waals surface area contributed by atoms with Gasteiger partial charge in [-0.15, -0.1) is 0 Å². The number of furan rings is 1. The Morgan fingerprint density at radius 2 is 1.75 bits per heavy atom. The molecule has 4 nitrogen and oxygen atoms in total. The fourth-order valence-electron chi connectivity index (χ4n) is 2.30. The van der Waals surface area contributed by atoms with Crippen molar-refractivity contribution in [3.05, 3.63) is 40.6 Å². The predicted octanol–water partition coefficient (Wildman–Crippen LogP) is 4.29. The van der Waals surface area contributed by atoms with E-state index in [9.17, 15) is 0 Å². The molecule has 2 aromatic heterocycles. The minimum Gasteiger partial charge on any atom is -0.466 e. The van der Waals surface area contributed by atoms with Crippen molar-refractivity contribution in [1.82, 2.24) is 9.97 Å². The van der Waals surface area contributed by atoms with Crippen LogP contribution in [0.25, 0.3) is 0 Å². The van der Waals surface area contributed by atoms with E-state index in [0.717, 1.165) is 28.5 Å². The molecule has 0 amide bonds. The summed E-state index contributed by atoms with van der Waals surface area (Å²) in [5.74, 6) is 2.95.